The molecule has 0 unspecified atom stereocenters. The fourth-order valence-corrected chi connectivity index (χ4v) is 1.72. The molecular formula is C14H11FO4. The van der Waals surface area contributed by atoms with Crippen molar-refractivity contribution in [1.82, 2.24) is 0 Å². The van der Waals surface area contributed by atoms with Gasteiger partial charge in [-0.1, -0.05) is 6.07 Å². The van der Waals surface area contributed by atoms with Gasteiger partial charge in [0.15, 0.2) is 11.5 Å². The Bertz CT molecular complexity index is 637. The Morgan fingerprint density at radius 2 is 1.95 bits per heavy atom. The highest BCUT2D eigenvalue weighted by Crippen LogP contribution is 2.32. The highest BCUT2D eigenvalue weighted by atomic mass is 19.1. The average Bonchev–Trinajstić information content (AvgIpc) is 2.40. The number of rotatable bonds is 3. The molecular weight excluding hydrogens is 251 g/mol. The van der Waals surface area contributed by atoms with E-state index in [0.717, 1.165) is 6.07 Å². The molecule has 5 heteroatoms. The van der Waals surface area contributed by atoms with Crippen LogP contribution in [0.2, 0.25) is 0 Å². The van der Waals surface area contributed by atoms with Gasteiger partial charge in [0.25, 0.3) is 0 Å². The van der Waals surface area contributed by atoms with E-state index in [4.69, 9.17) is 9.84 Å². The van der Waals surface area contributed by atoms with E-state index in [1.54, 1.807) is 0 Å². The zero-order chi connectivity index (χ0) is 14.0. The van der Waals surface area contributed by atoms with Crippen LogP contribution in [0.3, 0.4) is 0 Å². The summed E-state index contributed by atoms with van der Waals surface area (Å²) in [7, 11) is 1.38. The minimum absolute atomic E-state index is 0.0107. The van der Waals surface area contributed by atoms with Gasteiger partial charge < -0.3 is 14.9 Å². The van der Waals surface area contributed by atoms with Gasteiger partial charge in [-0.2, -0.15) is 0 Å². The van der Waals surface area contributed by atoms with Gasteiger partial charge in [0.1, 0.15) is 5.82 Å². The van der Waals surface area contributed by atoms with Crippen LogP contribution in [-0.4, -0.2) is 23.3 Å². The molecule has 0 radical (unpaired) electrons. The summed E-state index contributed by atoms with van der Waals surface area (Å²) in [4.78, 5) is 10.9. The van der Waals surface area contributed by atoms with Gasteiger partial charge in [-0.15, -0.1) is 0 Å². The Morgan fingerprint density at radius 3 is 2.58 bits per heavy atom. The lowest BCUT2D eigenvalue weighted by Gasteiger charge is -2.08. The van der Waals surface area contributed by atoms with Crippen LogP contribution in [0.5, 0.6) is 11.5 Å². The minimum Gasteiger partial charge on any atom is -0.504 e. The van der Waals surface area contributed by atoms with Crippen LogP contribution in [0.25, 0.3) is 11.1 Å². The molecule has 2 rings (SSSR count). The van der Waals surface area contributed by atoms with Crippen LogP contribution in [0, 0.1) is 5.82 Å². The number of phenols is 1. The molecule has 19 heavy (non-hydrogen) atoms. The summed E-state index contributed by atoms with van der Waals surface area (Å²) in [6.07, 6.45) is 0. The fraction of sp³-hybridized carbons (Fsp3) is 0.0714. The minimum atomic E-state index is -1.13. The number of ether oxygens (including phenoxy) is 1. The second-order valence-corrected chi connectivity index (χ2v) is 3.89. The summed E-state index contributed by atoms with van der Waals surface area (Å²) < 4.78 is 18.7. The lowest BCUT2D eigenvalue weighted by molar-refractivity contribution is 0.0697. The lowest BCUT2D eigenvalue weighted by Crippen LogP contribution is -1.97. The summed E-state index contributed by atoms with van der Waals surface area (Å²) in [5.74, 6) is -1.55. The van der Waals surface area contributed by atoms with Crippen molar-refractivity contribution in [3.05, 3.63) is 47.8 Å². The van der Waals surface area contributed by atoms with Crippen molar-refractivity contribution in [2.75, 3.05) is 7.11 Å². The quantitative estimate of drug-likeness (QED) is 0.892. The summed E-state index contributed by atoms with van der Waals surface area (Å²) in [5.41, 5.74) is 0.553. The largest absolute Gasteiger partial charge is 0.504 e. The van der Waals surface area contributed by atoms with E-state index in [-0.39, 0.29) is 22.6 Å². The van der Waals surface area contributed by atoms with Crippen LogP contribution < -0.4 is 4.74 Å². The van der Waals surface area contributed by atoms with Crippen LogP contribution in [-0.2, 0) is 0 Å². The van der Waals surface area contributed by atoms with E-state index in [0.29, 0.717) is 5.56 Å². The van der Waals surface area contributed by atoms with E-state index in [1.165, 1.54) is 37.4 Å². The van der Waals surface area contributed by atoms with Crippen molar-refractivity contribution in [1.29, 1.82) is 0 Å². The molecule has 0 aliphatic rings. The van der Waals surface area contributed by atoms with Crippen molar-refractivity contribution in [3.8, 4) is 22.6 Å². The number of hydrogen-bond donors (Lipinski definition) is 2. The molecule has 0 aliphatic heterocycles. The molecule has 0 aromatic heterocycles. The van der Waals surface area contributed by atoms with Gasteiger partial charge >= 0.3 is 5.97 Å². The van der Waals surface area contributed by atoms with Gasteiger partial charge in [0, 0.05) is 5.56 Å². The molecule has 2 aromatic rings. The molecule has 0 heterocycles. The van der Waals surface area contributed by atoms with E-state index < -0.39 is 11.8 Å². The van der Waals surface area contributed by atoms with Crippen molar-refractivity contribution in [2.24, 2.45) is 0 Å². The first-order valence-electron chi connectivity index (χ1n) is 5.43. The molecule has 4 nitrogen and oxygen atoms in total. The van der Waals surface area contributed by atoms with Gasteiger partial charge in [0.05, 0.1) is 12.7 Å². The lowest BCUT2D eigenvalue weighted by atomic mass is 10.0. The first-order valence-corrected chi connectivity index (χ1v) is 5.43. The Morgan fingerprint density at radius 1 is 1.21 bits per heavy atom. The van der Waals surface area contributed by atoms with Crippen molar-refractivity contribution in [3.63, 3.8) is 0 Å². The maximum Gasteiger partial charge on any atom is 0.335 e. The monoisotopic (exact) mass is 262 g/mol. The third kappa shape index (κ3) is 2.49. The third-order valence-electron chi connectivity index (χ3n) is 2.70. The summed E-state index contributed by atoms with van der Waals surface area (Å²) in [5, 5.41) is 18.4. The molecule has 0 bridgehead atoms. The highest BCUT2D eigenvalue weighted by molar-refractivity contribution is 5.89. The van der Waals surface area contributed by atoms with E-state index >= 15 is 0 Å². The molecule has 0 saturated carbocycles. The van der Waals surface area contributed by atoms with Gasteiger partial charge in [0.2, 0.25) is 0 Å². The number of aromatic carboxylic acids is 1. The fourth-order valence-electron chi connectivity index (χ4n) is 1.72. The average molecular weight is 262 g/mol. The Balaban J connectivity index is 2.57. The van der Waals surface area contributed by atoms with Crippen LogP contribution >= 0.6 is 0 Å². The summed E-state index contributed by atoms with van der Waals surface area (Å²) in [6.45, 7) is 0. The number of halogens is 1. The number of benzene rings is 2. The Kier molecular flexibility index (Phi) is 3.37. The van der Waals surface area contributed by atoms with E-state index in [1.807, 2.05) is 0 Å². The number of carbonyl (C=O) groups is 1. The maximum atomic E-state index is 13.8. The maximum absolute atomic E-state index is 13.8. The van der Waals surface area contributed by atoms with Gasteiger partial charge in [-0.3, -0.25) is 0 Å². The van der Waals surface area contributed by atoms with Crippen molar-refractivity contribution in [2.45, 2.75) is 0 Å². The number of methoxy groups -OCH3 is 1. The molecule has 98 valence electrons. The third-order valence-corrected chi connectivity index (χ3v) is 2.70. The molecule has 0 aliphatic carbocycles. The number of carboxylic acid groups (broad SMARTS) is 1. The summed E-state index contributed by atoms with van der Waals surface area (Å²) >= 11 is 0. The van der Waals surface area contributed by atoms with Crippen LogP contribution in [0.4, 0.5) is 4.39 Å². The molecule has 0 spiro atoms. The first kappa shape index (κ1) is 12.9. The molecule has 0 amide bonds. The standard InChI is InChI=1S/C14H11FO4/c1-19-13-7-8(3-5-12(13)16)10-6-9(14(17)18)2-4-11(10)15/h2-7,16H,1H3,(H,17,18). The van der Waals surface area contributed by atoms with Gasteiger partial charge in [-0.25, -0.2) is 9.18 Å². The smallest absolute Gasteiger partial charge is 0.335 e. The molecule has 2 N–H and O–H groups in total. The predicted molar refractivity (Wildman–Crippen MR) is 67.0 cm³/mol. The Labute approximate surface area is 108 Å². The predicted octanol–water partition coefficient (Wildman–Crippen LogP) is 2.91. The molecule has 2 aromatic carbocycles. The second kappa shape index (κ2) is 4.97. The van der Waals surface area contributed by atoms with E-state index in [9.17, 15) is 14.3 Å². The SMILES string of the molecule is COc1cc(-c2cc(C(=O)O)ccc2F)ccc1O. The zero-order valence-corrected chi connectivity index (χ0v) is 10.1. The topological polar surface area (TPSA) is 66.8 Å². The molecule has 0 fully saturated rings. The highest BCUT2D eigenvalue weighted by Gasteiger charge is 2.12. The van der Waals surface area contributed by atoms with Crippen LogP contribution in [0.1, 0.15) is 10.4 Å². The second-order valence-electron chi connectivity index (χ2n) is 3.89. The number of aromatic hydroxyl groups is 1. The van der Waals surface area contributed by atoms with Crippen molar-refractivity contribution < 1.29 is 24.1 Å². The van der Waals surface area contributed by atoms with Gasteiger partial charge in [-0.05, 0) is 35.9 Å². The Hall–Kier alpha value is -2.56. The number of phenolic OH excluding ortho intramolecular Hbond substituents is 1. The first-order chi connectivity index (χ1) is 9.02. The molecule has 0 saturated heterocycles. The summed E-state index contributed by atoms with van der Waals surface area (Å²) in [6, 6.07) is 7.82. The molecule has 0 atom stereocenters. The zero-order valence-electron chi connectivity index (χ0n) is 10.1. The van der Waals surface area contributed by atoms with Crippen molar-refractivity contribution >= 4 is 5.97 Å². The van der Waals surface area contributed by atoms with Crippen LogP contribution in [0.15, 0.2) is 36.4 Å². The van der Waals surface area contributed by atoms with E-state index in [2.05, 4.69) is 0 Å². The number of carboxylic acids is 1. The normalized spacial score (nSPS) is 10.2. The number of hydrogen-bond acceptors (Lipinski definition) is 3.